The van der Waals surface area contributed by atoms with E-state index in [1.807, 2.05) is 0 Å². The van der Waals surface area contributed by atoms with E-state index in [-0.39, 0.29) is 22.2 Å². The summed E-state index contributed by atoms with van der Waals surface area (Å²) < 4.78 is 40.1. The van der Waals surface area contributed by atoms with Gasteiger partial charge in [0.15, 0.2) is 0 Å². The van der Waals surface area contributed by atoms with Crippen LogP contribution in [0.1, 0.15) is 11.4 Å². The molecule has 25 heavy (non-hydrogen) atoms. The molecule has 0 saturated carbocycles. The van der Waals surface area contributed by atoms with Crippen molar-refractivity contribution in [2.75, 3.05) is 19.4 Å². The fraction of sp³-hybridized carbons (Fsp3) is 0.333. The summed E-state index contributed by atoms with van der Waals surface area (Å²) in [6.45, 7) is 2.94. The predicted molar refractivity (Wildman–Crippen MR) is 92.6 cm³/mol. The third-order valence-corrected chi connectivity index (χ3v) is 5.93. The van der Waals surface area contributed by atoms with Crippen LogP contribution >= 0.6 is 11.6 Å². The number of rotatable bonds is 5. The highest BCUT2D eigenvalue weighted by atomic mass is 35.5. The van der Waals surface area contributed by atoms with E-state index >= 15 is 0 Å². The zero-order valence-electron chi connectivity index (χ0n) is 14.2. The number of nitrogens with zero attached hydrogens (tertiary/aromatic N) is 3. The number of carbonyl (C=O) groups is 1. The molecule has 0 atom stereocenters. The third-order valence-electron chi connectivity index (χ3n) is 3.55. The van der Waals surface area contributed by atoms with Crippen LogP contribution in [0, 0.1) is 19.7 Å². The molecule has 0 aliphatic rings. The van der Waals surface area contributed by atoms with Crippen LogP contribution in [0.2, 0.25) is 5.02 Å². The van der Waals surface area contributed by atoms with Crippen molar-refractivity contribution >= 4 is 33.2 Å². The van der Waals surface area contributed by atoms with Gasteiger partial charge in [-0.2, -0.15) is 5.10 Å². The minimum Gasteiger partial charge on any atom is -0.323 e. The first-order valence-corrected chi connectivity index (χ1v) is 9.07. The van der Waals surface area contributed by atoms with Crippen molar-refractivity contribution in [3.05, 3.63) is 40.4 Å². The van der Waals surface area contributed by atoms with Gasteiger partial charge >= 0.3 is 0 Å². The zero-order valence-corrected chi connectivity index (χ0v) is 15.7. The number of anilines is 1. The predicted octanol–water partition coefficient (Wildman–Crippen LogP) is 2.18. The summed E-state index contributed by atoms with van der Waals surface area (Å²) in [4.78, 5) is 12.3. The minimum absolute atomic E-state index is 0.0672. The summed E-state index contributed by atoms with van der Waals surface area (Å²) >= 11 is 5.87. The standard InChI is InChI=1S/C15H18ClFN4O3S/c1-9-15(25(23,24)20(3)4)10(2)21(19-9)8-14(22)18-13-6-5-11(17)7-12(13)16/h5-7H,8H2,1-4H3,(H,18,22). The first kappa shape index (κ1) is 19.4. The molecule has 0 aliphatic carbocycles. The molecule has 0 bridgehead atoms. The van der Waals surface area contributed by atoms with E-state index in [4.69, 9.17) is 11.6 Å². The van der Waals surface area contributed by atoms with Crippen LogP contribution in [0.25, 0.3) is 0 Å². The van der Waals surface area contributed by atoms with Gasteiger partial charge < -0.3 is 5.32 Å². The Balaban J connectivity index is 2.25. The lowest BCUT2D eigenvalue weighted by atomic mass is 10.3. The van der Waals surface area contributed by atoms with Crippen molar-refractivity contribution < 1.29 is 17.6 Å². The van der Waals surface area contributed by atoms with Crippen molar-refractivity contribution in [1.82, 2.24) is 14.1 Å². The van der Waals surface area contributed by atoms with E-state index in [9.17, 15) is 17.6 Å². The number of carbonyl (C=O) groups excluding carboxylic acids is 1. The average Bonchev–Trinajstić information content (AvgIpc) is 2.76. The number of hydrogen-bond acceptors (Lipinski definition) is 4. The summed E-state index contributed by atoms with van der Waals surface area (Å²) in [5, 5.41) is 6.75. The molecule has 0 aliphatic heterocycles. The Hall–Kier alpha value is -1.97. The lowest BCUT2D eigenvalue weighted by molar-refractivity contribution is -0.116. The molecule has 1 aromatic heterocycles. The Morgan fingerprint density at radius 1 is 1.36 bits per heavy atom. The van der Waals surface area contributed by atoms with Crippen LogP contribution in [0.5, 0.6) is 0 Å². The number of hydrogen-bond donors (Lipinski definition) is 1. The minimum atomic E-state index is -3.67. The first-order chi connectivity index (χ1) is 11.5. The maximum atomic E-state index is 13.0. The smallest absolute Gasteiger partial charge is 0.246 e. The molecule has 7 nitrogen and oxygen atoms in total. The second-order valence-corrected chi connectivity index (χ2v) is 8.11. The molecule has 0 unspecified atom stereocenters. The van der Waals surface area contributed by atoms with Crippen LogP contribution in [-0.4, -0.2) is 42.5 Å². The molecule has 0 radical (unpaired) electrons. The lowest BCUT2D eigenvalue weighted by Crippen LogP contribution is -2.24. The van der Waals surface area contributed by atoms with Gasteiger partial charge in [-0.15, -0.1) is 0 Å². The molecule has 1 heterocycles. The fourth-order valence-electron chi connectivity index (χ4n) is 2.31. The van der Waals surface area contributed by atoms with Crippen LogP contribution in [0.3, 0.4) is 0 Å². The molecule has 0 spiro atoms. The van der Waals surface area contributed by atoms with E-state index in [1.54, 1.807) is 13.8 Å². The molecule has 10 heteroatoms. The normalized spacial score (nSPS) is 11.8. The van der Waals surface area contributed by atoms with Crippen molar-refractivity contribution in [2.45, 2.75) is 25.3 Å². The SMILES string of the molecule is Cc1nn(CC(=O)Nc2ccc(F)cc2Cl)c(C)c1S(=O)(=O)N(C)C. The van der Waals surface area contributed by atoms with E-state index in [0.717, 1.165) is 10.4 Å². The Morgan fingerprint density at radius 2 is 2.00 bits per heavy atom. The van der Waals surface area contributed by atoms with Gasteiger partial charge in [-0.1, -0.05) is 11.6 Å². The van der Waals surface area contributed by atoms with E-state index in [0.29, 0.717) is 11.4 Å². The zero-order chi connectivity index (χ0) is 18.9. The summed E-state index contributed by atoms with van der Waals surface area (Å²) in [6.07, 6.45) is 0. The number of benzene rings is 1. The fourth-order valence-corrected chi connectivity index (χ4v) is 3.78. The van der Waals surface area contributed by atoms with Gasteiger partial charge in [-0.3, -0.25) is 9.48 Å². The third kappa shape index (κ3) is 4.00. The summed E-state index contributed by atoms with van der Waals surface area (Å²) in [7, 11) is -0.817. The van der Waals surface area contributed by atoms with Crippen LogP contribution in [-0.2, 0) is 21.4 Å². The number of sulfonamides is 1. The monoisotopic (exact) mass is 388 g/mol. The van der Waals surface area contributed by atoms with Crippen LogP contribution in [0.15, 0.2) is 23.1 Å². The molecule has 1 amide bonds. The summed E-state index contributed by atoms with van der Waals surface area (Å²) in [5.41, 5.74) is 0.918. The Kier molecular flexibility index (Phi) is 5.50. The van der Waals surface area contributed by atoms with Crippen molar-refractivity contribution in [1.29, 1.82) is 0 Å². The molecule has 1 N–H and O–H groups in total. The molecular weight excluding hydrogens is 371 g/mol. The second kappa shape index (κ2) is 7.11. The van der Waals surface area contributed by atoms with Gasteiger partial charge in [-0.25, -0.2) is 17.1 Å². The first-order valence-electron chi connectivity index (χ1n) is 7.25. The Bertz CT molecular complexity index is 925. The quantitative estimate of drug-likeness (QED) is 0.850. The van der Waals surface area contributed by atoms with Crippen LogP contribution < -0.4 is 5.32 Å². The second-order valence-electron chi connectivity index (χ2n) is 5.62. The molecule has 136 valence electrons. The maximum absolute atomic E-state index is 13.0. The number of nitrogens with one attached hydrogen (secondary N) is 1. The largest absolute Gasteiger partial charge is 0.323 e. The van der Waals surface area contributed by atoms with E-state index in [1.165, 1.54) is 30.9 Å². The van der Waals surface area contributed by atoms with Gasteiger partial charge in [0.05, 0.1) is 22.1 Å². The highest BCUT2D eigenvalue weighted by Crippen LogP contribution is 2.24. The topological polar surface area (TPSA) is 84.3 Å². The molecule has 0 saturated heterocycles. The molecule has 0 fully saturated rings. The van der Waals surface area contributed by atoms with Crippen molar-refractivity contribution in [3.63, 3.8) is 0 Å². The van der Waals surface area contributed by atoms with Crippen LogP contribution in [0.4, 0.5) is 10.1 Å². The number of amides is 1. The van der Waals surface area contributed by atoms with Gasteiger partial charge in [0.25, 0.3) is 0 Å². The van der Waals surface area contributed by atoms with Gasteiger partial charge in [0.2, 0.25) is 15.9 Å². The summed E-state index contributed by atoms with van der Waals surface area (Å²) in [5.74, 6) is -0.979. The molecule has 1 aromatic carbocycles. The van der Waals surface area contributed by atoms with E-state index < -0.39 is 21.7 Å². The number of halogens is 2. The lowest BCUT2D eigenvalue weighted by Gasteiger charge is -2.12. The highest BCUT2D eigenvalue weighted by molar-refractivity contribution is 7.89. The van der Waals surface area contributed by atoms with Gasteiger partial charge in [0, 0.05) is 14.1 Å². The Labute approximate surface area is 150 Å². The molecular formula is C15H18ClFN4O3S. The molecule has 2 rings (SSSR count). The summed E-state index contributed by atoms with van der Waals surface area (Å²) in [6, 6.07) is 3.60. The highest BCUT2D eigenvalue weighted by Gasteiger charge is 2.27. The Morgan fingerprint density at radius 3 is 2.56 bits per heavy atom. The van der Waals surface area contributed by atoms with Crippen molar-refractivity contribution in [2.24, 2.45) is 0 Å². The number of aryl methyl sites for hydroxylation is 1. The average molecular weight is 389 g/mol. The molecule has 2 aromatic rings. The van der Waals surface area contributed by atoms with Gasteiger partial charge in [0.1, 0.15) is 17.3 Å². The van der Waals surface area contributed by atoms with Crippen molar-refractivity contribution in [3.8, 4) is 0 Å². The van der Waals surface area contributed by atoms with Gasteiger partial charge in [-0.05, 0) is 32.0 Å². The van der Waals surface area contributed by atoms with E-state index in [2.05, 4.69) is 10.4 Å². The maximum Gasteiger partial charge on any atom is 0.246 e. The number of aromatic nitrogens is 2.